The first-order valence-electron chi connectivity index (χ1n) is 6.09. The molecule has 0 bridgehead atoms. The van der Waals surface area contributed by atoms with Crippen LogP contribution in [0.25, 0.3) is 0 Å². The lowest BCUT2D eigenvalue weighted by molar-refractivity contribution is 0.468. The number of rotatable bonds is 4. The van der Waals surface area contributed by atoms with Gasteiger partial charge in [0.25, 0.3) is 0 Å². The highest BCUT2D eigenvalue weighted by molar-refractivity contribution is 9.10. The van der Waals surface area contributed by atoms with E-state index < -0.39 is 10.0 Å². The van der Waals surface area contributed by atoms with Crippen molar-refractivity contribution in [3.05, 3.63) is 39.8 Å². The van der Waals surface area contributed by atoms with Crippen LogP contribution in [0.4, 0.5) is 0 Å². The second-order valence-electron chi connectivity index (χ2n) is 4.58. The van der Waals surface area contributed by atoms with E-state index in [9.17, 15) is 8.42 Å². The van der Waals surface area contributed by atoms with E-state index in [2.05, 4.69) is 32.8 Å². The van der Waals surface area contributed by atoms with Crippen molar-refractivity contribution in [3.63, 3.8) is 0 Å². The summed E-state index contributed by atoms with van der Waals surface area (Å²) in [6.07, 6.45) is 7.25. The van der Waals surface area contributed by atoms with Crippen LogP contribution in [0.5, 0.6) is 0 Å². The molecule has 3 nitrogen and oxygen atoms in total. The molecule has 19 heavy (non-hydrogen) atoms. The van der Waals surface area contributed by atoms with Crippen LogP contribution in [0.15, 0.2) is 39.7 Å². The van der Waals surface area contributed by atoms with Crippen molar-refractivity contribution in [2.75, 3.05) is 6.54 Å². The number of allylic oxidation sites excluding steroid dienone is 2. The van der Waals surface area contributed by atoms with Gasteiger partial charge in [-0.2, -0.15) is 0 Å². The molecule has 0 fully saturated rings. The monoisotopic (exact) mass is 363 g/mol. The Bertz CT molecular complexity index is 586. The van der Waals surface area contributed by atoms with Crippen LogP contribution >= 0.6 is 27.5 Å². The molecule has 0 amide bonds. The third-order valence-corrected chi connectivity index (χ3v) is 5.78. The summed E-state index contributed by atoms with van der Waals surface area (Å²) in [5.74, 6) is 0.385. The van der Waals surface area contributed by atoms with E-state index in [1.807, 2.05) is 0 Å². The number of benzene rings is 1. The van der Waals surface area contributed by atoms with E-state index >= 15 is 0 Å². The lowest BCUT2D eigenvalue weighted by atomic mass is 9.95. The van der Waals surface area contributed by atoms with E-state index in [1.54, 1.807) is 6.07 Å². The number of sulfonamides is 1. The minimum atomic E-state index is -3.46. The summed E-state index contributed by atoms with van der Waals surface area (Å²) >= 11 is 9.09. The van der Waals surface area contributed by atoms with E-state index in [4.69, 9.17) is 11.6 Å². The third-order valence-electron chi connectivity index (χ3n) is 3.14. The predicted octanol–water partition coefficient (Wildman–Crippen LogP) is 3.74. The quantitative estimate of drug-likeness (QED) is 0.827. The minimum absolute atomic E-state index is 0.232. The van der Waals surface area contributed by atoms with Gasteiger partial charge in [-0.1, -0.05) is 23.8 Å². The molecule has 1 aromatic carbocycles. The smallest absolute Gasteiger partial charge is 0.211 e. The first-order chi connectivity index (χ1) is 8.99. The Morgan fingerprint density at radius 3 is 2.79 bits per heavy atom. The number of hydrogen-bond acceptors (Lipinski definition) is 2. The van der Waals surface area contributed by atoms with Gasteiger partial charge in [0.2, 0.25) is 10.0 Å². The van der Waals surface area contributed by atoms with E-state index in [1.165, 1.54) is 12.1 Å². The Hall–Kier alpha value is -0.360. The Kier molecular flexibility index (Phi) is 5.06. The first kappa shape index (κ1) is 15.0. The van der Waals surface area contributed by atoms with Gasteiger partial charge < -0.3 is 0 Å². The van der Waals surface area contributed by atoms with Crippen molar-refractivity contribution in [2.45, 2.75) is 24.2 Å². The van der Waals surface area contributed by atoms with Crippen LogP contribution in [0, 0.1) is 5.92 Å². The maximum atomic E-state index is 12.1. The SMILES string of the molecule is O=S(=O)(NCC1CC=CCC1)c1ccc(Cl)c(Br)c1. The van der Waals surface area contributed by atoms with Gasteiger partial charge in [0, 0.05) is 11.0 Å². The average molecular weight is 365 g/mol. The molecule has 1 aliphatic carbocycles. The van der Waals surface area contributed by atoms with Crippen molar-refractivity contribution >= 4 is 37.6 Å². The lowest BCUT2D eigenvalue weighted by Crippen LogP contribution is -2.29. The predicted molar refractivity (Wildman–Crippen MR) is 80.8 cm³/mol. The van der Waals surface area contributed by atoms with Crippen LogP contribution < -0.4 is 4.72 Å². The Morgan fingerprint density at radius 1 is 1.37 bits per heavy atom. The zero-order valence-corrected chi connectivity index (χ0v) is 13.4. The van der Waals surface area contributed by atoms with Gasteiger partial charge in [-0.25, -0.2) is 13.1 Å². The van der Waals surface area contributed by atoms with Crippen molar-refractivity contribution in [3.8, 4) is 0 Å². The topological polar surface area (TPSA) is 46.2 Å². The largest absolute Gasteiger partial charge is 0.240 e. The molecule has 6 heteroatoms. The van der Waals surface area contributed by atoms with Crippen LogP contribution in [-0.4, -0.2) is 15.0 Å². The van der Waals surface area contributed by atoms with Gasteiger partial charge in [-0.05, 0) is 59.3 Å². The van der Waals surface area contributed by atoms with Crippen LogP contribution in [0.1, 0.15) is 19.3 Å². The summed E-state index contributed by atoms with van der Waals surface area (Å²) in [6, 6.07) is 4.60. The van der Waals surface area contributed by atoms with E-state index in [0.717, 1.165) is 19.3 Å². The molecule has 0 spiro atoms. The molecule has 0 saturated carbocycles. The lowest BCUT2D eigenvalue weighted by Gasteiger charge is -2.18. The van der Waals surface area contributed by atoms with Crippen LogP contribution in [0.3, 0.4) is 0 Å². The molecule has 0 saturated heterocycles. The second-order valence-corrected chi connectivity index (χ2v) is 7.61. The molecule has 1 aliphatic rings. The Balaban J connectivity index is 2.05. The van der Waals surface area contributed by atoms with Gasteiger partial charge in [0.1, 0.15) is 0 Å². The van der Waals surface area contributed by atoms with Crippen molar-refractivity contribution in [1.29, 1.82) is 0 Å². The van der Waals surface area contributed by atoms with Crippen LogP contribution in [0.2, 0.25) is 5.02 Å². The average Bonchev–Trinajstić information content (AvgIpc) is 2.41. The minimum Gasteiger partial charge on any atom is -0.211 e. The molecular weight excluding hydrogens is 350 g/mol. The molecule has 1 unspecified atom stereocenters. The number of nitrogens with one attached hydrogen (secondary N) is 1. The van der Waals surface area contributed by atoms with Gasteiger partial charge in [-0.15, -0.1) is 0 Å². The molecule has 0 heterocycles. The maximum Gasteiger partial charge on any atom is 0.240 e. The van der Waals surface area contributed by atoms with Crippen molar-refractivity contribution < 1.29 is 8.42 Å². The van der Waals surface area contributed by atoms with Crippen molar-refractivity contribution in [2.24, 2.45) is 5.92 Å². The summed E-state index contributed by atoms with van der Waals surface area (Å²) in [6.45, 7) is 0.479. The van der Waals surface area contributed by atoms with E-state index in [0.29, 0.717) is 22.0 Å². The standard InChI is InChI=1S/C13H15BrClNO2S/c14-12-8-11(6-7-13(12)15)19(17,18)16-9-10-4-2-1-3-5-10/h1-2,6-8,10,16H,3-5,9H2. The molecule has 1 aromatic rings. The maximum absolute atomic E-state index is 12.1. The van der Waals surface area contributed by atoms with Gasteiger partial charge in [-0.3, -0.25) is 0 Å². The number of halogens is 2. The summed E-state index contributed by atoms with van der Waals surface area (Å²) in [7, 11) is -3.46. The van der Waals surface area contributed by atoms with Gasteiger partial charge in [0.15, 0.2) is 0 Å². The van der Waals surface area contributed by atoms with Crippen LogP contribution in [-0.2, 0) is 10.0 Å². The molecule has 0 aromatic heterocycles. The fourth-order valence-corrected chi connectivity index (χ4v) is 3.79. The molecule has 0 radical (unpaired) electrons. The highest BCUT2D eigenvalue weighted by Crippen LogP contribution is 2.25. The molecule has 1 N–H and O–H groups in total. The zero-order valence-electron chi connectivity index (χ0n) is 10.3. The molecule has 104 valence electrons. The summed E-state index contributed by atoms with van der Waals surface area (Å²) in [5.41, 5.74) is 0. The molecule has 1 atom stereocenters. The summed E-state index contributed by atoms with van der Waals surface area (Å²) in [5, 5.41) is 0.497. The summed E-state index contributed by atoms with van der Waals surface area (Å²) in [4.78, 5) is 0.232. The van der Waals surface area contributed by atoms with Gasteiger partial charge in [0.05, 0.1) is 9.92 Å². The Labute approximate surface area is 127 Å². The van der Waals surface area contributed by atoms with E-state index in [-0.39, 0.29) is 4.90 Å². The molecule has 0 aliphatic heterocycles. The third kappa shape index (κ3) is 4.05. The number of hydrogen-bond donors (Lipinski definition) is 1. The Morgan fingerprint density at radius 2 is 2.16 bits per heavy atom. The zero-order chi connectivity index (χ0) is 13.9. The first-order valence-corrected chi connectivity index (χ1v) is 8.74. The highest BCUT2D eigenvalue weighted by Gasteiger charge is 2.18. The molecule has 2 rings (SSSR count). The second kappa shape index (κ2) is 6.39. The molecular formula is C13H15BrClNO2S. The highest BCUT2D eigenvalue weighted by atomic mass is 79.9. The fourth-order valence-electron chi connectivity index (χ4n) is 2.00. The van der Waals surface area contributed by atoms with Gasteiger partial charge >= 0.3 is 0 Å². The van der Waals surface area contributed by atoms with Crippen molar-refractivity contribution in [1.82, 2.24) is 4.72 Å². The fraction of sp³-hybridized carbons (Fsp3) is 0.385. The summed E-state index contributed by atoms with van der Waals surface area (Å²) < 4.78 is 27.5. The normalized spacial score (nSPS) is 19.6.